The van der Waals surface area contributed by atoms with E-state index in [-0.39, 0.29) is 11.4 Å². The number of nitrogens with zero attached hydrogens (tertiary/aromatic N) is 4. The highest BCUT2D eigenvalue weighted by Crippen LogP contribution is 2.48. The van der Waals surface area contributed by atoms with Crippen molar-refractivity contribution >= 4 is 23.1 Å². The van der Waals surface area contributed by atoms with Crippen molar-refractivity contribution in [3.8, 4) is 17.5 Å². The third-order valence-electron chi connectivity index (χ3n) is 6.58. The summed E-state index contributed by atoms with van der Waals surface area (Å²) in [6.45, 7) is 1.84. The van der Waals surface area contributed by atoms with E-state index in [0.29, 0.717) is 52.8 Å². The summed E-state index contributed by atoms with van der Waals surface area (Å²) in [4.78, 5) is 15.2. The molecule has 176 valence electrons. The number of allylic oxidation sites excluding steroid dienone is 3. The molecule has 2 aromatic carbocycles. The Bertz CT molecular complexity index is 1410. The van der Waals surface area contributed by atoms with E-state index >= 15 is 0 Å². The second-order valence-corrected chi connectivity index (χ2v) is 8.91. The lowest BCUT2D eigenvalue weighted by Gasteiger charge is -2.39. The first kappa shape index (κ1) is 22.8. The summed E-state index contributed by atoms with van der Waals surface area (Å²) in [6.07, 6.45) is 1.78. The van der Waals surface area contributed by atoms with Crippen LogP contribution in [0.15, 0.2) is 77.3 Å². The van der Waals surface area contributed by atoms with E-state index < -0.39 is 5.92 Å². The van der Waals surface area contributed by atoms with Gasteiger partial charge in [-0.1, -0.05) is 29.8 Å². The van der Waals surface area contributed by atoms with Crippen molar-refractivity contribution in [1.29, 1.82) is 5.26 Å². The maximum atomic E-state index is 13.4. The van der Waals surface area contributed by atoms with Crippen molar-refractivity contribution in [2.75, 3.05) is 12.0 Å². The molecule has 0 radical (unpaired) electrons. The number of carbonyl (C=O) groups excluding carboxylic acids is 1. The predicted octanol–water partition coefficient (Wildman–Crippen LogP) is 5.15. The number of para-hydroxylation sites is 1. The zero-order valence-electron chi connectivity index (χ0n) is 19.5. The van der Waals surface area contributed by atoms with Crippen LogP contribution in [-0.2, 0) is 4.79 Å². The van der Waals surface area contributed by atoms with Crippen LogP contribution in [0.3, 0.4) is 0 Å². The number of rotatable bonds is 4. The van der Waals surface area contributed by atoms with Crippen molar-refractivity contribution in [3.05, 3.63) is 93.7 Å². The zero-order valence-corrected chi connectivity index (χ0v) is 20.2. The average molecular weight is 486 g/mol. The number of ether oxygens (including phenoxy) is 1. The number of Topliss-reactive ketones (excluding diaryl/α,β-unsaturated/α-hetero) is 1. The maximum Gasteiger partial charge on any atom is 0.161 e. The van der Waals surface area contributed by atoms with Gasteiger partial charge >= 0.3 is 0 Å². The Morgan fingerprint density at radius 2 is 1.83 bits per heavy atom. The van der Waals surface area contributed by atoms with Crippen molar-refractivity contribution in [3.63, 3.8) is 0 Å². The van der Waals surface area contributed by atoms with Crippen molar-refractivity contribution in [2.45, 2.75) is 32.1 Å². The number of nitrogens with two attached hydrogens (primary N) is 1. The minimum atomic E-state index is -0.678. The molecule has 1 aliphatic carbocycles. The molecule has 0 amide bonds. The number of benzene rings is 2. The van der Waals surface area contributed by atoms with Gasteiger partial charge in [0.25, 0.3) is 0 Å². The number of methoxy groups -OCH3 is 1. The fraction of sp³-hybridized carbons (Fsp3) is 0.222. The minimum absolute atomic E-state index is 0.00191. The lowest BCUT2D eigenvalue weighted by Crippen LogP contribution is -2.38. The van der Waals surface area contributed by atoms with Crippen LogP contribution >= 0.6 is 11.6 Å². The average Bonchev–Trinajstić information content (AvgIpc) is 3.17. The van der Waals surface area contributed by atoms with Crippen LogP contribution in [0.5, 0.6) is 5.75 Å². The molecule has 2 aliphatic rings. The molecule has 1 aromatic heterocycles. The number of hydrogen-bond acceptors (Lipinski definition) is 6. The summed E-state index contributed by atoms with van der Waals surface area (Å²) in [5.41, 5.74) is 11.2. The van der Waals surface area contributed by atoms with E-state index in [2.05, 4.69) is 11.2 Å². The van der Waals surface area contributed by atoms with Crippen LogP contribution < -0.4 is 15.4 Å². The van der Waals surface area contributed by atoms with Crippen molar-refractivity contribution < 1.29 is 9.53 Å². The lowest BCUT2D eigenvalue weighted by molar-refractivity contribution is -0.116. The number of aromatic nitrogens is 2. The second-order valence-electron chi connectivity index (χ2n) is 8.55. The Kier molecular flexibility index (Phi) is 5.83. The fourth-order valence-electron chi connectivity index (χ4n) is 4.98. The minimum Gasteiger partial charge on any atom is -0.497 e. The number of aryl methyl sites for hydroxylation is 1. The number of hydrogen-bond donors (Lipinski definition) is 1. The molecular weight excluding hydrogens is 462 g/mol. The molecule has 7 nitrogen and oxygen atoms in total. The molecule has 1 atom stereocenters. The fourth-order valence-corrected chi connectivity index (χ4v) is 5.36. The predicted molar refractivity (Wildman–Crippen MR) is 134 cm³/mol. The Morgan fingerprint density at radius 1 is 1.11 bits per heavy atom. The summed E-state index contributed by atoms with van der Waals surface area (Å²) in [5.74, 6) is 0.315. The van der Waals surface area contributed by atoms with E-state index in [1.54, 1.807) is 11.8 Å². The van der Waals surface area contributed by atoms with E-state index in [9.17, 15) is 10.1 Å². The first-order chi connectivity index (χ1) is 17.0. The Labute approximate surface area is 208 Å². The number of anilines is 1. The van der Waals surface area contributed by atoms with Crippen molar-refractivity contribution in [2.24, 2.45) is 5.73 Å². The van der Waals surface area contributed by atoms with Gasteiger partial charge < -0.3 is 10.5 Å². The Morgan fingerprint density at radius 3 is 2.49 bits per heavy atom. The molecule has 3 aromatic rings. The van der Waals surface area contributed by atoms with Crippen LogP contribution in [-0.4, -0.2) is 22.7 Å². The molecular formula is C27H24ClN5O2. The van der Waals surface area contributed by atoms with Gasteiger partial charge in [-0.3, -0.25) is 9.69 Å². The van der Waals surface area contributed by atoms with E-state index in [4.69, 9.17) is 22.1 Å². The first-order valence-electron chi connectivity index (χ1n) is 11.4. The largest absolute Gasteiger partial charge is 0.497 e. The van der Waals surface area contributed by atoms with Gasteiger partial charge in [0.15, 0.2) is 5.78 Å². The van der Waals surface area contributed by atoms with Gasteiger partial charge in [-0.05, 0) is 56.2 Å². The molecule has 1 aliphatic heterocycles. The normalized spacial score (nSPS) is 17.9. The topological polar surface area (TPSA) is 97.2 Å². The summed E-state index contributed by atoms with van der Waals surface area (Å²) in [5, 5.41) is 15.3. The molecule has 0 saturated heterocycles. The van der Waals surface area contributed by atoms with E-state index in [0.717, 1.165) is 17.1 Å². The van der Waals surface area contributed by atoms with Gasteiger partial charge in [-0.15, -0.1) is 0 Å². The van der Waals surface area contributed by atoms with E-state index in [1.807, 2.05) is 66.4 Å². The highest BCUT2D eigenvalue weighted by atomic mass is 35.5. The number of carbonyl (C=O) groups is 1. The monoisotopic (exact) mass is 485 g/mol. The molecule has 2 heterocycles. The third-order valence-corrected chi connectivity index (χ3v) is 6.95. The van der Waals surface area contributed by atoms with E-state index in [1.165, 1.54) is 0 Å². The lowest BCUT2D eigenvalue weighted by atomic mass is 9.75. The van der Waals surface area contributed by atoms with Crippen molar-refractivity contribution in [1.82, 2.24) is 9.78 Å². The molecule has 0 bridgehead atoms. The van der Waals surface area contributed by atoms with Crippen LogP contribution in [0.4, 0.5) is 5.69 Å². The standard InChI is InChI=1S/C27H24ClN5O2/c1-16-23(26(28)33(31-16)18-7-4-3-5-8-18)24-20(15-29)27(30)32(17-11-13-19(35-2)14-12-17)21-9-6-10-22(34)25(21)24/h3-5,7-8,11-14,24H,6,9-10,30H2,1-2H3. The first-order valence-corrected chi connectivity index (χ1v) is 11.7. The van der Waals surface area contributed by atoms with Gasteiger partial charge in [-0.25, -0.2) is 4.68 Å². The number of halogens is 1. The van der Waals surface area contributed by atoms with Gasteiger partial charge in [-0.2, -0.15) is 10.4 Å². The molecule has 0 saturated carbocycles. The molecule has 2 N–H and O–H groups in total. The molecule has 1 unspecified atom stereocenters. The molecule has 0 fully saturated rings. The second kappa shape index (κ2) is 8.97. The van der Waals surface area contributed by atoms with Gasteiger partial charge in [0.2, 0.25) is 0 Å². The SMILES string of the molecule is COc1ccc(N2C(N)=C(C#N)C(c3c(C)nn(-c4ccccc4)c3Cl)C3=C2CCCC3=O)cc1. The molecule has 35 heavy (non-hydrogen) atoms. The smallest absolute Gasteiger partial charge is 0.161 e. The number of nitriles is 1. The maximum absolute atomic E-state index is 13.4. The Balaban J connectivity index is 1.73. The zero-order chi connectivity index (χ0) is 24.7. The summed E-state index contributed by atoms with van der Waals surface area (Å²) in [6, 6.07) is 19.2. The van der Waals surface area contributed by atoms with Crippen LogP contribution in [0, 0.1) is 18.3 Å². The van der Waals surface area contributed by atoms with Crippen LogP contribution in [0.1, 0.15) is 36.4 Å². The third kappa shape index (κ3) is 3.67. The Hall–Kier alpha value is -4.02. The quantitative estimate of drug-likeness (QED) is 0.549. The summed E-state index contributed by atoms with van der Waals surface area (Å²) >= 11 is 6.90. The van der Waals surface area contributed by atoms with Crippen LogP contribution in [0.25, 0.3) is 5.69 Å². The molecule has 0 spiro atoms. The van der Waals surface area contributed by atoms with Crippen LogP contribution in [0.2, 0.25) is 5.15 Å². The summed E-state index contributed by atoms with van der Waals surface area (Å²) < 4.78 is 6.92. The van der Waals surface area contributed by atoms with Gasteiger partial charge in [0, 0.05) is 28.9 Å². The summed E-state index contributed by atoms with van der Waals surface area (Å²) in [7, 11) is 1.60. The molecule has 8 heteroatoms. The highest BCUT2D eigenvalue weighted by Gasteiger charge is 2.42. The van der Waals surface area contributed by atoms with Gasteiger partial charge in [0.1, 0.15) is 16.7 Å². The molecule has 5 rings (SSSR count). The highest BCUT2D eigenvalue weighted by molar-refractivity contribution is 6.31. The number of ketones is 1. The van der Waals surface area contributed by atoms with Gasteiger partial charge in [0.05, 0.1) is 36.1 Å².